The third-order valence-electron chi connectivity index (χ3n) is 4.74. The van der Waals surface area contributed by atoms with E-state index in [-0.39, 0.29) is 25.3 Å². The first-order valence-electron chi connectivity index (χ1n) is 8.38. The number of nitrogens with zero attached hydrogens (tertiary/aromatic N) is 2. The number of hydrogen-bond acceptors (Lipinski definition) is 5. The number of primary amides is 1. The number of carboxylic acids is 1. The van der Waals surface area contributed by atoms with Gasteiger partial charge in [0.05, 0.1) is 0 Å². The standard InChI is InChI=1S/C17H22N4O4/c18-16(24)14(3-4-15(22)23)21-10-11-9-12(1-2-13(11)17(21)25)20-7-5-19-6-8-20/h1-2,9,14,19H,3-8,10H2,(H2,18,24)(H,22,23)/t14-/m0/s1. The number of amides is 2. The SMILES string of the molecule is NC(=O)[C@H](CCC(=O)O)N1Cc2cc(N3CCNCC3)ccc2C1=O. The number of benzene rings is 1. The molecule has 2 aliphatic rings. The van der Waals surface area contributed by atoms with Gasteiger partial charge in [0.15, 0.2) is 0 Å². The predicted molar refractivity (Wildman–Crippen MR) is 91.3 cm³/mol. The molecular weight excluding hydrogens is 324 g/mol. The van der Waals surface area contributed by atoms with Crippen molar-refractivity contribution in [1.29, 1.82) is 0 Å². The van der Waals surface area contributed by atoms with Gasteiger partial charge in [-0.1, -0.05) is 0 Å². The molecule has 1 saturated heterocycles. The van der Waals surface area contributed by atoms with E-state index in [1.54, 1.807) is 6.07 Å². The summed E-state index contributed by atoms with van der Waals surface area (Å²) in [6.07, 6.45) is -0.186. The molecule has 0 aromatic heterocycles. The van der Waals surface area contributed by atoms with Crippen molar-refractivity contribution in [1.82, 2.24) is 10.2 Å². The molecule has 3 rings (SSSR count). The Morgan fingerprint density at radius 1 is 1.28 bits per heavy atom. The van der Waals surface area contributed by atoms with Gasteiger partial charge in [-0.25, -0.2) is 0 Å². The van der Waals surface area contributed by atoms with Crippen molar-refractivity contribution >= 4 is 23.5 Å². The van der Waals surface area contributed by atoms with E-state index in [4.69, 9.17) is 10.8 Å². The molecule has 0 radical (unpaired) electrons. The van der Waals surface area contributed by atoms with E-state index < -0.39 is 17.9 Å². The number of nitrogens with two attached hydrogens (primary N) is 1. The van der Waals surface area contributed by atoms with Crippen molar-refractivity contribution < 1.29 is 19.5 Å². The fourth-order valence-electron chi connectivity index (χ4n) is 3.41. The lowest BCUT2D eigenvalue weighted by molar-refractivity contribution is -0.137. The van der Waals surface area contributed by atoms with Gasteiger partial charge in [-0.2, -0.15) is 0 Å². The molecule has 0 aliphatic carbocycles. The summed E-state index contributed by atoms with van der Waals surface area (Å²) in [5.74, 6) is -1.96. The second kappa shape index (κ2) is 7.10. The van der Waals surface area contributed by atoms with Crippen molar-refractivity contribution in [3.05, 3.63) is 29.3 Å². The number of carboxylic acid groups (broad SMARTS) is 1. The molecule has 1 aromatic rings. The molecule has 0 bridgehead atoms. The van der Waals surface area contributed by atoms with Crippen LogP contribution in [0.3, 0.4) is 0 Å². The van der Waals surface area contributed by atoms with Crippen LogP contribution in [0.4, 0.5) is 5.69 Å². The van der Waals surface area contributed by atoms with Gasteiger partial charge in [0.2, 0.25) is 5.91 Å². The van der Waals surface area contributed by atoms with Crippen molar-refractivity contribution in [3.8, 4) is 0 Å². The summed E-state index contributed by atoms with van der Waals surface area (Å²) in [5.41, 5.74) is 7.86. The van der Waals surface area contributed by atoms with E-state index in [1.165, 1.54) is 4.90 Å². The molecule has 2 amide bonds. The van der Waals surface area contributed by atoms with Crippen LogP contribution in [0.2, 0.25) is 0 Å². The maximum Gasteiger partial charge on any atom is 0.303 e. The largest absolute Gasteiger partial charge is 0.481 e. The molecule has 8 nitrogen and oxygen atoms in total. The second-order valence-corrected chi connectivity index (χ2v) is 6.36. The van der Waals surface area contributed by atoms with E-state index >= 15 is 0 Å². The summed E-state index contributed by atoms with van der Waals surface area (Å²) in [5, 5.41) is 12.1. The highest BCUT2D eigenvalue weighted by Crippen LogP contribution is 2.29. The molecule has 1 atom stereocenters. The normalized spacial score (nSPS) is 18.2. The van der Waals surface area contributed by atoms with Gasteiger partial charge in [0, 0.05) is 50.4 Å². The molecule has 8 heteroatoms. The first-order chi connectivity index (χ1) is 12.0. The second-order valence-electron chi connectivity index (χ2n) is 6.36. The highest BCUT2D eigenvalue weighted by Gasteiger charge is 2.35. The molecule has 4 N–H and O–H groups in total. The van der Waals surface area contributed by atoms with Crippen molar-refractivity contribution in [2.45, 2.75) is 25.4 Å². The summed E-state index contributed by atoms with van der Waals surface area (Å²) in [6, 6.07) is 4.78. The lowest BCUT2D eigenvalue weighted by atomic mass is 10.1. The first kappa shape index (κ1) is 17.2. The molecule has 1 fully saturated rings. The molecule has 1 aromatic carbocycles. The fourth-order valence-corrected chi connectivity index (χ4v) is 3.41. The molecule has 0 unspecified atom stereocenters. The van der Waals surface area contributed by atoms with E-state index in [0.717, 1.165) is 37.4 Å². The summed E-state index contributed by atoms with van der Waals surface area (Å²) >= 11 is 0. The van der Waals surface area contributed by atoms with Crippen LogP contribution in [0.1, 0.15) is 28.8 Å². The van der Waals surface area contributed by atoms with E-state index in [2.05, 4.69) is 10.2 Å². The summed E-state index contributed by atoms with van der Waals surface area (Å²) < 4.78 is 0. The molecule has 25 heavy (non-hydrogen) atoms. The summed E-state index contributed by atoms with van der Waals surface area (Å²) in [4.78, 5) is 38.8. The maximum atomic E-state index is 12.6. The third-order valence-corrected chi connectivity index (χ3v) is 4.74. The van der Waals surface area contributed by atoms with Crippen LogP contribution in [0.15, 0.2) is 18.2 Å². The van der Waals surface area contributed by atoms with Crippen LogP contribution in [0.5, 0.6) is 0 Å². The molecular formula is C17H22N4O4. The monoisotopic (exact) mass is 346 g/mol. The Hall–Kier alpha value is -2.61. The van der Waals surface area contributed by atoms with Gasteiger partial charge in [0.25, 0.3) is 5.91 Å². The minimum absolute atomic E-state index is 0.0229. The average molecular weight is 346 g/mol. The highest BCUT2D eigenvalue weighted by atomic mass is 16.4. The molecule has 2 heterocycles. The van der Waals surface area contributed by atoms with Crippen LogP contribution < -0.4 is 16.0 Å². The van der Waals surface area contributed by atoms with Gasteiger partial charge in [-0.15, -0.1) is 0 Å². The Balaban J connectivity index is 1.79. The number of aliphatic carboxylic acids is 1. The molecule has 2 aliphatic heterocycles. The minimum Gasteiger partial charge on any atom is -0.481 e. The van der Waals surface area contributed by atoms with Crippen molar-refractivity contribution in [3.63, 3.8) is 0 Å². The quantitative estimate of drug-likeness (QED) is 0.655. The Kier molecular flexibility index (Phi) is 4.89. The van der Waals surface area contributed by atoms with Crippen LogP contribution >= 0.6 is 0 Å². The van der Waals surface area contributed by atoms with Gasteiger partial charge < -0.3 is 26.0 Å². The smallest absolute Gasteiger partial charge is 0.303 e. The number of piperazine rings is 1. The van der Waals surface area contributed by atoms with Gasteiger partial charge in [-0.05, 0) is 30.2 Å². The summed E-state index contributed by atoms with van der Waals surface area (Å²) in [6.45, 7) is 3.92. The van der Waals surface area contributed by atoms with Crippen molar-refractivity contribution in [2.24, 2.45) is 5.73 Å². The summed E-state index contributed by atoms with van der Waals surface area (Å²) in [7, 11) is 0. The zero-order chi connectivity index (χ0) is 18.0. The van der Waals surface area contributed by atoms with Crippen LogP contribution in [-0.2, 0) is 16.1 Å². The number of nitrogens with one attached hydrogen (secondary N) is 1. The average Bonchev–Trinajstić information content (AvgIpc) is 2.91. The van der Waals surface area contributed by atoms with Crippen LogP contribution in [0.25, 0.3) is 0 Å². The van der Waals surface area contributed by atoms with Crippen molar-refractivity contribution in [2.75, 3.05) is 31.1 Å². The Bertz CT molecular complexity index is 700. The Labute approximate surface area is 145 Å². The fraction of sp³-hybridized carbons (Fsp3) is 0.471. The number of rotatable bonds is 6. The number of hydrogen-bond donors (Lipinski definition) is 3. The minimum atomic E-state index is -1.02. The number of anilines is 1. The zero-order valence-electron chi connectivity index (χ0n) is 13.9. The van der Waals surface area contributed by atoms with Crippen LogP contribution in [0, 0.1) is 0 Å². The third kappa shape index (κ3) is 3.58. The molecule has 134 valence electrons. The topological polar surface area (TPSA) is 116 Å². The Morgan fingerprint density at radius 3 is 2.64 bits per heavy atom. The predicted octanol–water partition coefficient (Wildman–Crippen LogP) is -0.229. The van der Waals surface area contributed by atoms with Gasteiger partial charge in [-0.3, -0.25) is 14.4 Å². The van der Waals surface area contributed by atoms with E-state index in [1.807, 2.05) is 12.1 Å². The first-order valence-corrected chi connectivity index (χ1v) is 8.38. The van der Waals surface area contributed by atoms with E-state index in [9.17, 15) is 14.4 Å². The zero-order valence-corrected chi connectivity index (χ0v) is 13.9. The number of carbonyl (C=O) groups is 3. The number of fused-ring (bicyclic) bond motifs is 1. The molecule has 0 saturated carbocycles. The van der Waals surface area contributed by atoms with E-state index in [0.29, 0.717) is 5.56 Å². The lowest BCUT2D eigenvalue weighted by Crippen LogP contribution is -2.45. The van der Waals surface area contributed by atoms with Crippen LogP contribution in [-0.4, -0.2) is 60.0 Å². The number of carbonyl (C=O) groups excluding carboxylic acids is 2. The highest BCUT2D eigenvalue weighted by molar-refractivity contribution is 6.01. The Morgan fingerprint density at radius 2 is 2.00 bits per heavy atom. The maximum absolute atomic E-state index is 12.6. The molecule has 0 spiro atoms. The van der Waals surface area contributed by atoms with Gasteiger partial charge in [0.1, 0.15) is 6.04 Å². The van der Waals surface area contributed by atoms with Gasteiger partial charge >= 0.3 is 5.97 Å². The lowest BCUT2D eigenvalue weighted by Gasteiger charge is -2.29.